The summed E-state index contributed by atoms with van der Waals surface area (Å²) in [7, 11) is 1.94. The molecule has 5 nitrogen and oxygen atoms in total. The molecule has 2 fully saturated rings. The molecule has 6 heteroatoms. The number of carbonyl (C=O) groups is 1. The number of hydrogen-bond donors (Lipinski definition) is 0. The van der Waals surface area contributed by atoms with Crippen molar-refractivity contribution in [3.05, 3.63) is 53.6 Å². The molecule has 0 N–H and O–H groups in total. The van der Waals surface area contributed by atoms with Gasteiger partial charge in [0.25, 0.3) is 0 Å². The molecule has 1 spiro atoms. The van der Waals surface area contributed by atoms with Gasteiger partial charge >= 0.3 is 0 Å². The Morgan fingerprint density at radius 3 is 2.81 bits per heavy atom. The molecule has 0 radical (unpaired) electrons. The largest absolute Gasteiger partial charge is 0.333 e. The molecule has 0 aliphatic carbocycles. The highest BCUT2D eigenvalue weighted by Crippen LogP contribution is 2.40. The fourth-order valence-electron chi connectivity index (χ4n) is 4.67. The zero-order chi connectivity index (χ0) is 18.9. The summed E-state index contributed by atoms with van der Waals surface area (Å²) in [4.78, 5) is 17.1. The van der Waals surface area contributed by atoms with E-state index in [9.17, 15) is 9.18 Å². The van der Waals surface area contributed by atoms with E-state index in [4.69, 9.17) is 0 Å². The van der Waals surface area contributed by atoms with Crippen molar-refractivity contribution in [2.45, 2.75) is 50.7 Å². The van der Waals surface area contributed by atoms with Crippen molar-refractivity contribution in [2.24, 2.45) is 7.05 Å². The molecule has 1 atom stereocenters. The van der Waals surface area contributed by atoms with Crippen molar-refractivity contribution in [1.29, 1.82) is 0 Å². The summed E-state index contributed by atoms with van der Waals surface area (Å²) in [5.41, 5.74) is 2.03. The van der Waals surface area contributed by atoms with Crippen LogP contribution < -0.4 is 0 Å². The lowest BCUT2D eigenvalue weighted by Gasteiger charge is -2.38. The molecule has 1 aromatic heterocycles. The van der Waals surface area contributed by atoms with Crippen LogP contribution in [0, 0.1) is 5.82 Å². The van der Waals surface area contributed by atoms with Gasteiger partial charge in [-0.3, -0.25) is 14.4 Å². The molecule has 2 aliphatic rings. The van der Waals surface area contributed by atoms with Gasteiger partial charge in [-0.1, -0.05) is 12.1 Å². The summed E-state index contributed by atoms with van der Waals surface area (Å²) in [6.07, 6.45) is 8.60. The lowest BCUT2D eigenvalue weighted by atomic mass is 9.87. The molecule has 4 rings (SSSR count). The maximum Gasteiger partial charge on any atom is 0.223 e. The Bertz CT molecular complexity index is 820. The minimum absolute atomic E-state index is 0.0763. The molecule has 1 unspecified atom stereocenters. The predicted molar refractivity (Wildman–Crippen MR) is 101 cm³/mol. The van der Waals surface area contributed by atoms with E-state index >= 15 is 0 Å². The molecule has 1 amide bonds. The number of carbonyl (C=O) groups excluding carboxylic acids is 1. The van der Waals surface area contributed by atoms with Crippen molar-refractivity contribution >= 4 is 5.91 Å². The summed E-state index contributed by atoms with van der Waals surface area (Å²) in [5, 5.41) is 4.26. The number of aromatic nitrogens is 2. The molecule has 2 saturated heterocycles. The van der Waals surface area contributed by atoms with Gasteiger partial charge in [-0.25, -0.2) is 4.39 Å². The lowest BCUT2D eigenvalue weighted by Crippen LogP contribution is -2.45. The van der Waals surface area contributed by atoms with Gasteiger partial charge in [0.15, 0.2) is 0 Å². The number of rotatable bonds is 4. The third-order valence-corrected chi connectivity index (χ3v) is 6.08. The van der Waals surface area contributed by atoms with E-state index in [1.54, 1.807) is 12.1 Å². The van der Waals surface area contributed by atoms with Crippen molar-refractivity contribution in [2.75, 3.05) is 13.1 Å². The number of benzene rings is 1. The molecular formula is C21H27FN4O. The maximum atomic E-state index is 13.6. The van der Waals surface area contributed by atoms with Crippen LogP contribution in [-0.2, 0) is 24.9 Å². The smallest absolute Gasteiger partial charge is 0.223 e. The minimum atomic E-state index is -0.239. The first-order valence-corrected chi connectivity index (χ1v) is 9.79. The van der Waals surface area contributed by atoms with E-state index in [0.29, 0.717) is 13.0 Å². The normalized spacial score (nSPS) is 23.9. The third-order valence-electron chi connectivity index (χ3n) is 6.08. The average molecular weight is 370 g/mol. The summed E-state index contributed by atoms with van der Waals surface area (Å²) in [6.45, 7) is 3.43. The summed E-state index contributed by atoms with van der Waals surface area (Å²) in [5.74, 6) is -0.0309. The lowest BCUT2D eigenvalue weighted by molar-refractivity contribution is -0.132. The third kappa shape index (κ3) is 3.90. The standard InChI is InChI=1S/C21H27FN4O/c1-24-14-18(13-23-24)15-25-10-3-7-21(9-11-25)8-6-20(27)26(21)16-17-4-2-5-19(22)12-17/h2,4-5,12-14H,3,6-11,15-16H2,1H3. The van der Waals surface area contributed by atoms with Crippen LogP contribution in [-0.4, -0.2) is 44.1 Å². The van der Waals surface area contributed by atoms with E-state index in [2.05, 4.69) is 16.2 Å². The van der Waals surface area contributed by atoms with E-state index < -0.39 is 0 Å². The molecular weight excluding hydrogens is 343 g/mol. The van der Waals surface area contributed by atoms with Crippen LogP contribution in [0.25, 0.3) is 0 Å². The van der Waals surface area contributed by atoms with Gasteiger partial charge < -0.3 is 4.90 Å². The number of halogens is 1. The highest BCUT2D eigenvalue weighted by atomic mass is 19.1. The van der Waals surface area contributed by atoms with E-state index in [1.807, 2.05) is 28.9 Å². The fourth-order valence-corrected chi connectivity index (χ4v) is 4.67. The quantitative estimate of drug-likeness (QED) is 0.830. The second kappa shape index (κ2) is 7.43. The van der Waals surface area contributed by atoms with Gasteiger partial charge in [-0.15, -0.1) is 0 Å². The molecule has 144 valence electrons. The van der Waals surface area contributed by atoms with E-state index in [-0.39, 0.29) is 17.3 Å². The number of hydrogen-bond acceptors (Lipinski definition) is 3. The fraction of sp³-hybridized carbons (Fsp3) is 0.524. The van der Waals surface area contributed by atoms with Gasteiger partial charge in [0.1, 0.15) is 5.82 Å². The first kappa shape index (κ1) is 18.2. The molecule has 2 aliphatic heterocycles. The van der Waals surface area contributed by atoms with Crippen molar-refractivity contribution < 1.29 is 9.18 Å². The Morgan fingerprint density at radius 1 is 1.15 bits per heavy atom. The predicted octanol–water partition coefficient (Wildman–Crippen LogP) is 3.11. The van der Waals surface area contributed by atoms with Crippen LogP contribution in [0.15, 0.2) is 36.7 Å². The van der Waals surface area contributed by atoms with Crippen molar-refractivity contribution in [3.8, 4) is 0 Å². The molecule has 0 bridgehead atoms. The first-order chi connectivity index (χ1) is 13.0. The van der Waals surface area contributed by atoms with Crippen LogP contribution in [0.2, 0.25) is 0 Å². The van der Waals surface area contributed by atoms with Crippen LogP contribution in [0.5, 0.6) is 0 Å². The molecule has 2 aromatic rings. The number of likely N-dealkylation sites (tertiary alicyclic amines) is 2. The number of amides is 1. The zero-order valence-corrected chi connectivity index (χ0v) is 15.9. The van der Waals surface area contributed by atoms with Crippen molar-refractivity contribution in [3.63, 3.8) is 0 Å². The Labute approximate surface area is 159 Å². The van der Waals surface area contributed by atoms with Crippen molar-refractivity contribution in [1.82, 2.24) is 19.6 Å². The van der Waals surface area contributed by atoms with E-state index in [1.165, 1.54) is 11.6 Å². The highest BCUT2D eigenvalue weighted by Gasteiger charge is 2.45. The molecule has 0 saturated carbocycles. The van der Waals surface area contributed by atoms with Gasteiger partial charge in [-0.05, 0) is 49.9 Å². The summed E-state index contributed by atoms with van der Waals surface area (Å²) >= 11 is 0. The Balaban J connectivity index is 1.46. The molecule has 3 heterocycles. The van der Waals surface area contributed by atoms with Gasteiger partial charge in [0, 0.05) is 50.4 Å². The molecule has 27 heavy (non-hydrogen) atoms. The van der Waals surface area contributed by atoms with Gasteiger partial charge in [0.05, 0.1) is 6.20 Å². The number of aryl methyl sites for hydroxylation is 1. The summed E-state index contributed by atoms with van der Waals surface area (Å²) < 4.78 is 15.4. The highest BCUT2D eigenvalue weighted by molar-refractivity contribution is 5.79. The number of nitrogens with zero attached hydrogens (tertiary/aromatic N) is 4. The Hall–Kier alpha value is -2.21. The summed E-state index contributed by atoms with van der Waals surface area (Å²) in [6, 6.07) is 6.63. The second-order valence-corrected chi connectivity index (χ2v) is 7.99. The zero-order valence-electron chi connectivity index (χ0n) is 15.9. The first-order valence-electron chi connectivity index (χ1n) is 9.79. The Kier molecular flexibility index (Phi) is 5.00. The Morgan fingerprint density at radius 2 is 2.04 bits per heavy atom. The van der Waals surface area contributed by atoms with Crippen LogP contribution >= 0.6 is 0 Å². The van der Waals surface area contributed by atoms with E-state index in [0.717, 1.165) is 50.9 Å². The molecule has 1 aromatic carbocycles. The maximum absolute atomic E-state index is 13.6. The van der Waals surface area contributed by atoms with Crippen LogP contribution in [0.4, 0.5) is 4.39 Å². The van der Waals surface area contributed by atoms with Crippen LogP contribution in [0.3, 0.4) is 0 Å². The average Bonchev–Trinajstić information content (AvgIpc) is 3.10. The second-order valence-electron chi connectivity index (χ2n) is 7.99. The van der Waals surface area contributed by atoms with Crippen LogP contribution in [0.1, 0.15) is 43.2 Å². The monoisotopic (exact) mass is 370 g/mol. The minimum Gasteiger partial charge on any atom is -0.333 e. The topological polar surface area (TPSA) is 41.4 Å². The van der Waals surface area contributed by atoms with Gasteiger partial charge in [0.2, 0.25) is 5.91 Å². The SMILES string of the molecule is Cn1cc(CN2CCCC3(CCC(=O)N3Cc3cccc(F)c3)CC2)cn1. The van der Waals surface area contributed by atoms with Gasteiger partial charge in [-0.2, -0.15) is 5.10 Å².